The Hall–Kier alpha value is -1.82. The summed E-state index contributed by atoms with van der Waals surface area (Å²) < 4.78 is 11.4. The lowest BCUT2D eigenvalue weighted by atomic mass is 9.56. The molecule has 4 aliphatic rings. The zero-order chi connectivity index (χ0) is 23.1. The Morgan fingerprint density at radius 2 is 1.55 bits per heavy atom. The number of ether oxygens (including phenoxy) is 1. The summed E-state index contributed by atoms with van der Waals surface area (Å²) in [6.45, 7) is 12.0. The molecule has 0 heterocycles. The van der Waals surface area contributed by atoms with Crippen molar-refractivity contribution in [3.63, 3.8) is 0 Å². The normalized spacial score (nSPS) is 26.5. The van der Waals surface area contributed by atoms with E-state index in [1.165, 1.54) is 32.1 Å². The summed E-state index contributed by atoms with van der Waals surface area (Å²) in [7, 11) is 0.173. The first-order valence-corrected chi connectivity index (χ1v) is 14.4. The summed E-state index contributed by atoms with van der Waals surface area (Å²) in [5, 5.41) is 9.45. The van der Waals surface area contributed by atoms with E-state index < -0.39 is 15.0 Å². The summed E-state index contributed by atoms with van der Waals surface area (Å²) in [4.78, 5) is 23.1. The highest BCUT2D eigenvalue weighted by Gasteiger charge is 2.47. The number of hydrogen-bond donors (Lipinski definition) is 1. The molecular formula is C25H38O5Si. The Balaban J connectivity index is 0.000000204. The van der Waals surface area contributed by atoms with Crippen LogP contribution in [-0.2, 0) is 10.2 Å². The highest BCUT2D eigenvalue weighted by atomic mass is 28.3. The lowest BCUT2D eigenvalue weighted by molar-refractivity contribution is -0.139. The van der Waals surface area contributed by atoms with Gasteiger partial charge in [-0.25, -0.2) is 4.79 Å². The highest BCUT2D eigenvalue weighted by molar-refractivity contribution is 6.49. The maximum Gasteiger partial charge on any atom is 0.339 e. The van der Waals surface area contributed by atoms with Gasteiger partial charge in [-0.3, -0.25) is 4.79 Å². The number of carboxylic acid groups (broad SMARTS) is 1. The first-order valence-electron chi connectivity index (χ1n) is 11.6. The van der Waals surface area contributed by atoms with Crippen molar-refractivity contribution in [1.82, 2.24) is 0 Å². The molecule has 0 aliphatic heterocycles. The maximum absolute atomic E-state index is 11.6. The number of benzene rings is 1. The zero-order valence-electron chi connectivity index (χ0n) is 20.1. The summed E-state index contributed by atoms with van der Waals surface area (Å²) in [5.74, 6) is 3.73. The molecule has 172 valence electrons. The fourth-order valence-electron chi connectivity index (χ4n) is 5.89. The van der Waals surface area contributed by atoms with Gasteiger partial charge in [-0.2, -0.15) is 0 Å². The first kappa shape index (κ1) is 23.8. The molecule has 6 heteroatoms. The van der Waals surface area contributed by atoms with E-state index in [1.807, 2.05) is 40.8 Å². The standard InChI is InChI=1S/C15H24O4Si.C10H14O/c1-9-8-10(14(16)17)13(19-20(6)7)11(12(9)18-5)15(2,3)4;11-10-8-2-6-1-7(4-8)5-9(10)3-6/h8,20H,1-7H3,(H,16,17);6-9H,1-5H2. The van der Waals surface area contributed by atoms with Gasteiger partial charge >= 0.3 is 5.97 Å². The van der Waals surface area contributed by atoms with Crippen molar-refractivity contribution in [2.24, 2.45) is 23.7 Å². The van der Waals surface area contributed by atoms with Crippen LogP contribution < -0.4 is 9.16 Å². The molecule has 31 heavy (non-hydrogen) atoms. The number of ketones is 1. The summed E-state index contributed by atoms with van der Waals surface area (Å²) in [5.41, 5.74) is 1.60. The van der Waals surface area contributed by atoms with Gasteiger partial charge in [0.1, 0.15) is 22.8 Å². The molecule has 0 amide bonds. The fraction of sp³-hybridized carbons (Fsp3) is 0.680. The van der Waals surface area contributed by atoms with Crippen LogP contribution in [0.15, 0.2) is 6.07 Å². The Bertz CT molecular complexity index is 822. The Morgan fingerprint density at radius 1 is 1.03 bits per heavy atom. The van der Waals surface area contributed by atoms with Gasteiger partial charge in [0.15, 0.2) is 0 Å². The topological polar surface area (TPSA) is 72.8 Å². The molecule has 0 radical (unpaired) electrons. The summed E-state index contributed by atoms with van der Waals surface area (Å²) in [6, 6.07) is 1.63. The molecule has 4 aliphatic carbocycles. The van der Waals surface area contributed by atoms with Gasteiger partial charge in [-0.1, -0.05) is 20.8 Å². The summed E-state index contributed by atoms with van der Waals surface area (Å²) in [6.07, 6.45) is 6.41. The largest absolute Gasteiger partial charge is 0.546 e. The van der Waals surface area contributed by atoms with Crippen LogP contribution in [0.25, 0.3) is 0 Å². The third-order valence-corrected chi connectivity index (χ3v) is 7.61. The SMILES string of the molecule is COc1c(C)cc(C(=O)O)c(O[SiH](C)C)c1C(C)(C)C.O=C1C2CC3CC(C2)CC1C3. The lowest BCUT2D eigenvalue weighted by Gasteiger charge is -2.48. The molecule has 0 saturated heterocycles. The molecule has 4 fully saturated rings. The van der Waals surface area contributed by atoms with Gasteiger partial charge in [-0.15, -0.1) is 0 Å². The predicted molar refractivity (Wildman–Crippen MR) is 125 cm³/mol. The van der Waals surface area contributed by atoms with Gasteiger partial charge in [0.05, 0.1) is 7.11 Å². The monoisotopic (exact) mass is 446 g/mol. The molecule has 1 aromatic rings. The van der Waals surface area contributed by atoms with Gasteiger partial charge in [0.25, 0.3) is 0 Å². The fourth-order valence-corrected chi connectivity index (χ4v) is 6.61. The number of carbonyl (C=O) groups excluding carboxylic acids is 1. The number of carbonyl (C=O) groups is 2. The second-order valence-corrected chi connectivity index (χ2v) is 13.2. The van der Waals surface area contributed by atoms with Crippen LogP contribution in [-0.4, -0.2) is 33.0 Å². The first-order chi connectivity index (χ1) is 14.4. The number of carboxylic acids is 1. The van der Waals surface area contributed by atoms with Crippen molar-refractivity contribution < 1.29 is 23.9 Å². The van der Waals surface area contributed by atoms with Crippen molar-refractivity contribution in [2.45, 2.75) is 78.3 Å². The van der Waals surface area contributed by atoms with E-state index in [-0.39, 0.29) is 11.0 Å². The number of aromatic carboxylic acids is 1. The average molecular weight is 447 g/mol. The molecule has 0 unspecified atom stereocenters. The van der Waals surface area contributed by atoms with Crippen molar-refractivity contribution in [2.75, 3.05) is 7.11 Å². The van der Waals surface area contributed by atoms with E-state index in [0.717, 1.165) is 23.0 Å². The Morgan fingerprint density at radius 3 is 1.94 bits per heavy atom. The quantitative estimate of drug-likeness (QED) is 0.629. The minimum absolute atomic E-state index is 0.217. The Labute approximate surface area is 188 Å². The van der Waals surface area contributed by atoms with Crippen LogP contribution in [0.2, 0.25) is 13.1 Å². The van der Waals surface area contributed by atoms with Crippen molar-refractivity contribution in [3.8, 4) is 11.5 Å². The summed E-state index contributed by atoms with van der Waals surface area (Å²) >= 11 is 0. The molecule has 0 atom stereocenters. The molecule has 4 saturated carbocycles. The van der Waals surface area contributed by atoms with Crippen molar-refractivity contribution >= 4 is 20.8 Å². The third-order valence-electron chi connectivity index (χ3n) is 6.90. The maximum atomic E-state index is 11.6. The van der Waals surface area contributed by atoms with E-state index in [2.05, 4.69) is 0 Å². The number of hydrogen-bond acceptors (Lipinski definition) is 4. The van der Waals surface area contributed by atoms with E-state index in [4.69, 9.17) is 9.16 Å². The minimum atomic E-state index is -1.43. The smallest absolute Gasteiger partial charge is 0.339 e. The molecule has 1 N–H and O–H groups in total. The van der Waals surface area contributed by atoms with Crippen LogP contribution in [0.4, 0.5) is 0 Å². The van der Waals surface area contributed by atoms with E-state index >= 15 is 0 Å². The van der Waals surface area contributed by atoms with Gasteiger partial charge in [0.2, 0.25) is 9.04 Å². The molecule has 0 aromatic heterocycles. The minimum Gasteiger partial charge on any atom is -0.546 e. The predicted octanol–water partition coefficient (Wildman–Crippen LogP) is 5.37. The second kappa shape index (κ2) is 8.97. The van der Waals surface area contributed by atoms with E-state index in [0.29, 0.717) is 29.1 Å². The average Bonchev–Trinajstić information content (AvgIpc) is 2.65. The van der Waals surface area contributed by atoms with Crippen LogP contribution in [0.5, 0.6) is 11.5 Å². The van der Waals surface area contributed by atoms with Crippen molar-refractivity contribution in [1.29, 1.82) is 0 Å². The number of methoxy groups -OCH3 is 1. The van der Waals surface area contributed by atoms with E-state index in [9.17, 15) is 14.7 Å². The van der Waals surface area contributed by atoms with Crippen molar-refractivity contribution in [3.05, 3.63) is 22.8 Å². The zero-order valence-corrected chi connectivity index (χ0v) is 21.2. The molecule has 4 bridgehead atoms. The highest BCUT2D eigenvalue weighted by Crippen LogP contribution is 2.51. The van der Waals surface area contributed by atoms with Gasteiger partial charge in [-0.05, 0) is 81.0 Å². The number of Topliss-reactive ketones (excluding diaryl/α,β-unsaturated/α-hetero) is 1. The van der Waals surface area contributed by atoms with Crippen LogP contribution >= 0.6 is 0 Å². The Kier molecular flexibility index (Phi) is 6.89. The molecule has 0 spiro atoms. The van der Waals surface area contributed by atoms with E-state index in [1.54, 1.807) is 13.2 Å². The molecule has 5 nitrogen and oxygen atoms in total. The van der Waals surface area contributed by atoms with Crippen LogP contribution in [0.3, 0.4) is 0 Å². The number of aryl methyl sites for hydroxylation is 1. The number of rotatable bonds is 4. The lowest BCUT2D eigenvalue weighted by Crippen LogP contribution is -2.45. The van der Waals surface area contributed by atoms with Gasteiger partial charge in [0, 0.05) is 17.4 Å². The molecular weight excluding hydrogens is 408 g/mol. The van der Waals surface area contributed by atoms with Crippen LogP contribution in [0, 0.1) is 30.6 Å². The van der Waals surface area contributed by atoms with Gasteiger partial charge < -0.3 is 14.3 Å². The third kappa shape index (κ3) is 4.99. The molecule has 5 rings (SSSR count). The second-order valence-electron chi connectivity index (χ2n) is 10.9. The van der Waals surface area contributed by atoms with Crippen LogP contribution in [0.1, 0.15) is 74.4 Å². The molecule has 1 aromatic carbocycles.